The van der Waals surface area contributed by atoms with E-state index in [1.807, 2.05) is 0 Å². The number of aromatic hydroxyl groups is 1. The van der Waals surface area contributed by atoms with Gasteiger partial charge in [0.15, 0.2) is 11.5 Å². The fourth-order valence-corrected chi connectivity index (χ4v) is 1.81. The number of rotatable bonds is 5. The van der Waals surface area contributed by atoms with E-state index >= 15 is 0 Å². The smallest absolute Gasteiger partial charge is 0.387 e. The van der Waals surface area contributed by atoms with Crippen molar-refractivity contribution in [2.45, 2.75) is 6.61 Å². The number of carbonyl (C=O) groups excluding carboxylic acids is 1. The van der Waals surface area contributed by atoms with Crippen molar-refractivity contribution >= 4 is 11.6 Å². The Bertz CT molecular complexity index is 676. The van der Waals surface area contributed by atoms with E-state index in [4.69, 9.17) is 4.74 Å². The first-order valence-electron chi connectivity index (χ1n) is 6.23. The van der Waals surface area contributed by atoms with E-state index in [0.29, 0.717) is 0 Å². The van der Waals surface area contributed by atoms with Crippen LogP contribution in [0.4, 0.5) is 14.5 Å². The summed E-state index contributed by atoms with van der Waals surface area (Å²) in [5.74, 6) is -0.850. The zero-order valence-electron chi connectivity index (χ0n) is 11.5. The molecule has 0 saturated heterocycles. The Morgan fingerprint density at radius 2 is 1.91 bits per heavy atom. The number of benzene rings is 2. The zero-order valence-corrected chi connectivity index (χ0v) is 11.5. The van der Waals surface area contributed by atoms with Crippen molar-refractivity contribution in [3.05, 3.63) is 48.0 Å². The average molecular weight is 309 g/mol. The third-order valence-electron chi connectivity index (χ3n) is 2.79. The summed E-state index contributed by atoms with van der Waals surface area (Å²) in [7, 11) is 1.31. The number of alkyl halides is 2. The van der Waals surface area contributed by atoms with Gasteiger partial charge in [-0.2, -0.15) is 8.78 Å². The van der Waals surface area contributed by atoms with Crippen LogP contribution < -0.4 is 14.8 Å². The van der Waals surface area contributed by atoms with Crippen LogP contribution in [0.25, 0.3) is 0 Å². The van der Waals surface area contributed by atoms with E-state index in [0.717, 1.165) is 0 Å². The molecule has 0 spiro atoms. The molecule has 2 N–H and O–H groups in total. The zero-order chi connectivity index (χ0) is 16.1. The second-order valence-electron chi connectivity index (χ2n) is 4.22. The van der Waals surface area contributed by atoms with Gasteiger partial charge in [0.05, 0.1) is 12.7 Å². The van der Waals surface area contributed by atoms with E-state index in [1.54, 1.807) is 12.1 Å². The first kappa shape index (κ1) is 15.6. The average Bonchev–Trinajstić information content (AvgIpc) is 2.47. The third-order valence-corrected chi connectivity index (χ3v) is 2.79. The number of halogens is 2. The molecule has 116 valence electrons. The Kier molecular flexibility index (Phi) is 4.77. The maximum Gasteiger partial charge on any atom is 0.387 e. The highest BCUT2D eigenvalue weighted by Crippen LogP contribution is 2.31. The topological polar surface area (TPSA) is 67.8 Å². The molecule has 2 rings (SSSR count). The van der Waals surface area contributed by atoms with Crippen molar-refractivity contribution in [1.29, 1.82) is 0 Å². The van der Waals surface area contributed by atoms with Gasteiger partial charge in [-0.15, -0.1) is 0 Å². The number of hydrogen-bond acceptors (Lipinski definition) is 4. The predicted octanol–water partition coefficient (Wildman–Crippen LogP) is 3.25. The molecular weight excluding hydrogens is 296 g/mol. The Morgan fingerprint density at radius 1 is 1.18 bits per heavy atom. The van der Waals surface area contributed by atoms with E-state index in [1.165, 1.54) is 37.4 Å². The van der Waals surface area contributed by atoms with Crippen LogP contribution >= 0.6 is 0 Å². The van der Waals surface area contributed by atoms with Gasteiger partial charge in [-0.1, -0.05) is 12.1 Å². The van der Waals surface area contributed by atoms with Gasteiger partial charge in [-0.25, -0.2) is 0 Å². The van der Waals surface area contributed by atoms with Crippen molar-refractivity contribution in [3.8, 4) is 17.2 Å². The summed E-state index contributed by atoms with van der Waals surface area (Å²) in [4.78, 5) is 12.0. The second-order valence-corrected chi connectivity index (χ2v) is 4.22. The lowest BCUT2D eigenvalue weighted by Gasteiger charge is -2.12. The summed E-state index contributed by atoms with van der Waals surface area (Å²) < 4.78 is 33.9. The molecule has 0 unspecified atom stereocenters. The molecule has 0 radical (unpaired) electrons. The van der Waals surface area contributed by atoms with Gasteiger partial charge in [-0.05, 0) is 24.3 Å². The highest BCUT2D eigenvalue weighted by atomic mass is 19.3. The van der Waals surface area contributed by atoms with Gasteiger partial charge in [-0.3, -0.25) is 4.79 Å². The number of nitrogens with one attached hydrogen (secondary N) is 1. The van der Waals surface area contributed by atoms with E-state index < -0.39 is 12.5 Å². The normalized spacial score (nSPS) is 10.4. The molecule has 0 bridgehead atoms. The van der Waals surface area contributed by atoms with Gasteiger partial charge >= 0.3 is 6.61 Å². The quantitative estimate of drug-likeness (QED) is 0.889. The molecule has 2 aromatic rings. The molecule has 0 fully saturated rings. The Hall–Kier alpha value is -2.83. The van der Waals surface area contributed by atoms with Crippen molar-refractivity contribution < 1.29 is 28.2 Å². The molecule has 0 aliphatic carbocycles. The van der Waals surface area contributed by atoms with Crippen molar-refractivity contribution in [1.82, 2.24) is 0 Å². The largest absolute Gasteiger partial charge is 0.507 e. The third kappa shape index (κ3) is 3.63. The summed E-state index contributed by atoms with van der Waals surface area (Å²) in [6.45, 7) is -3.02. The van der Waals surface area contributed by atoms with Gasteiger partial charge < -0.3 is 19.9 Å². The maximum atomic E-state index is 12.4. The number of phenolic OH excluding ortho intramolecular Hbond substituents is 1. The molecule has 1 amide bonds. The monoisotopic (exact) mass is 309 g/mol. The van der Waals surface area contributed by atoms with Gasteiger partial charge in [0.1, 0.15) is 5.75 Å². The summed E-state index contributed by atoms with van der Waals surface area (Å²) in [6, 6.07) is 10.0. The first-order valence-corrected chi connectivity index (χ1v) is 6.23. The van der Waals surface area contributed by atoms with E-state index in [9.17, 15) is 18.7 Å². The molecular formula is C15H13F2NO4. The van der Waals surface area contributed by atoms with E-state index in [2.05, 4.69) is 10.1 Å². The van der Waals surface area contributed by atoms with Crippen LogP contribution in [0.1, 0.15) is 10.4 Å². The van der Waals surface area contributed by atoms with Gasteiger partial charge in [0.2, 0.25) is 0 Å². The van der Waals surface area contributed by atoms with E-state index in [-0.39, 0.29) is 28.5 Å². The predicted molar refractivity (Wildman–Crippen MR) is 75.7 cm³/mol. The fourth-order valence-electron chi connectivity index (χ4n) is 1.81. The Labute approximate surface area is 125 Å². The summed E-state index contributed by atoms with van der Waals surface area (Å²) in [5, 5.41) is 12.1. The lowest BCUT2D eigenvalue weighted by molar-refractivity contribution is -0.0511. The number of para-hydroxylation sites is 1. The number of anilines is 1. The van der Waals surface area contributed by atoms with Crippen LogP contribution in [0.3, 0.4) is 0 Å². The second kappa shape index (κ2) is 6.75. The minimum absolute atomic E-state index is 0.0645. The number of ether oxygens (including phenoxy) is 2. The highest BCUT2D eigenvalue weighted by Gasteiger charge is 2.14. The Morgan fingerprint density at radius 3 is 2.55 bits per heavy atom. The maximum absolute atomic E-state index is 12.4. The van der Waals surface area contributed by atoms with Crippen LogP contribution in [-0.2, 0) is 0 Å². The first-order chi connectivity index (χ1) is 10.5. The molecule has 2 aromatic carbocycles. The summed E-state index contributed by atoms with van der Waals surface area (Å²) >= 11 is 0. The molecule has 5 nitrogen and oxygen atoms in total. The van der Waals surface area contributed by atoms with Gasteiger partial charge in [0, 0.05) is 11.8 Å². The van der Waals surface area contributed by atoms with Crippen LogP contribution in [0.2, 0.25) is 0 Å². The molecule has 0 aromatic heterocycles. The molecule has 22 heavy (non-hydrogen) atoms. The molecule has 0 atom stereocenters. The van der Waals surface area contributed by atoms with Crippen molar-refractivity contribution in [3.63, 3.8) is 0 Å². The van der Waals surface area contributed by atoms with Crippen LogP contribution in [0.15, 0.2) is 42.5 Å². The minimum Gasteiger partial charge on any atom is -0.507 e. The summed E-state index contributed by atoms with van der Waals surface area (Å²) in [5.41, 5.74) is 0.291. The molecule has 0 heterocycles. The molecule has 0 saturated carbocycles. The van der Waals surface area contributed by atoms with Crippen molar-refractivity contribution in [2.75, 3.05) is 12.4 Å². The summed E-state index contributed by atoms with van der Waals surface area (Å²) in [6.07, 6.45) is 0. The highest BCUT2D eigenvalue weighted by molar-refractivity contribution is 6.06. The number of phenols is 1. The molecule has 0 aliphatic heterocycles. The minimum atomic E-state index is -3.02. The molecule has 7 heteroatoms. The Balaban J connectivity index is 2.23. The number of methoxy groups -OCH3 is 1. The van der Waals surface area contributed by atoms with Crippen LogP contribution in [0, 0.1) is 0 Å². The standard InChI is InChI=1S/C15H13F2NO4/c1-21-12-7-6-9(8-13(12)22-15(16)17)18-14(20)10-4-2-3-5-11(10)19/h2-8,15,19H,1H3,(H,18,20). The number of hydrogen-bond donors (Lipinski definition) is 2. The number of carbonyl (C=O) groups is 1. The van der Waals surface area contributed by atoms with Crippen molar-refractivity contribution in [2.24, 2.45) is 0 Å². The van der Waals surface area contributed by atoms with Crippen LogP contribution in [-0.4, -0.2) is 24.7 Å². The fraction of sp³-hybridized carbons (Fsp3) is 0.133. The van der Waals surface area contributed by atoms with Crippen LogP contribution in [0.5, 0.6) is 17.2 Å². The molecule has 0 aliphatic rings. The lowest BCUT2D eigenvalue weighted by Crippen LogP contribution is -2.12. The van der Waals surface area contributed by atoms with Gasteiger partial charge in [0.25, 0.3) is 5.91 Å². The lowest BCUT2D eigenvalue weighted by atomic mass is 10.2. The number of amides is 1. The SMILES string of the molecule is COc1ccc(NC(=O)c2ccccc2O)cc1OC(F)F.